The summed E-state index contributed by atoms with van der Waals surface area (Å²) < 4.78 is 13.3. The smallest absolute Gasteiger partial charge is 0.243 e. The highest BCUT2D eigenvalue weighted by atomic mass is 35.5. The number of rotatable bonds is 5. The van der Waals surface area contributed by atoms with Crippen molar-refractivity contribution in [2.45, 2.75) is 6.92 Å². The van der Waals surface area contributed by atoms with Crippen molar-refractivity contribution in [3.63, 3.8) is 0 Å². The van der Waals surface area contributed by atoms with E-state index in [1.54, 1.807) is 30.3 Å². The minimum absolute atomic E-state index is 0.0241. The highest BCUT2D eigenvalue weighted by Gasteiger charge is 2.06. The van der Waals surface area contributed by atoms with E-state index in [-0.39, 0.29) is 23.3 Å². The third kappa shape index (κ3) is 4.30. The maximum absolute atomic E-state index is 13.3. The highest BCUT2D eigenvalue weighted by Crippen LogP contribution is 2.18. The fourth-order valence-electron chi connectivity index (χ4n) is 1.81. The van der Waals surface area contributed by atoms with Crippen molar-refractivity contribution in [2.75, 3.05) is 17.2 Å². The first-order chi connectivity index (χ1) is 10.5. The van der Waals surface area contributed by atoms with Crippen molar-refractivity contribution < 1.29 is 14.0 Å². The molecule has 4 nitrogen and oxygen atoms in total. The first kappa shape index (κ1) is 16.0. The van der Waals surface area contributed by atoms with Gasteiger partial charge >= 0.3 is 0 Å². The molecule has 0 saturated carbocycles. The molecule has 6 heteroatoms. The molecular weight excluding hydrogens is 307 g/mol. The van der Waals surface area contributed by atoms with Crippen molar-refractivity contribution in [1.29, 1.82) is 0 Å². The average molecular weight is 321 g/mol. The summed E-state index contributed by atoms with van der Waals surface area (Å²) in [6, 6.07) is 10.9. The van der Waals surface area contributed by atoms with E-state index < -0.39 is 5.82 Å². The molecule has 0 aliphatic heterocycles. The third-order valence-corrected chi connectivity index (χ3v) is 3.23. The second-order valence-electron chi connectivity index (χ2n) is 4.67. The van der Waals surface area contributed by atoms with Gasteiger partial charge in [-0.25, -0.2) is 4.39 Å². The number of hydrogen-bond acceptors (Lipinski definition) is 3. The molecule has 0 bridgehead atoms. The zero-order valence-corrected chi connectivity index (χ0v) is 12.6. The third-order valence-electron chi connectivity index (χ3n) is 2.93. The van der Waals surface area contributed by atoms with Gasteiger partial charge in [0, 0.05) is 16.9 Å². The molecule has 2 aromatic rings. The van der Waals surface area contributed by atoms with Gasteiger partial charge in [-0.3, -0.25) is 9.59 Å². The van der Waals surface area contributed by atoms with Crippen LogP contribution in [0, 0.1) is 5.82 Å². The van der Waals surface area contributed by atoms with Gasteiger partial charge in [0.25, 0.3) is 0 Å². The van der Waals surface area contributed by atoms with Gasteiger partial charge in [0.1, 0.15) is 5.82 Å². The molecule has 0 aliphatic carbocycles. The predicted octanol–water partition coefficient (Wildman–Crippen LogP) is 3.73. The van der Waals surface area contributed by atoms with Crippen molar-refractivity contribution >= 4 is 34.7 Å². The maximum atomic E-state index is 13.3. The van der Waals surface area contributed by atoms with Crippen molar-refractivity contribution in [3.8, 4) is 0 Å². The van der Waals surface area contributed by atoms with Gasteiger partial charge in [0.15, 0.2) is 5.78 Å². The summed E-state index contributed by atoms with van der Waals surface area (Å²) in [4.78, 5) is 23.1. The second-order valence-corrected chi connectivity index (χ2v) is 5.07. The van der Waals surface area contributed by atoms with Crippen LogP contribution in [0.2, 0.25) is 5.02 Å². The molecule has 2 rings (SSSR count). The van der Waals surface area contributed by atoms with Crippen LogP contribution in [-0.4, -0.2) is 18.2 Å². The molecule has 0 heterocycles. The van der Waals surface area contributed by atoms with Gasteiger partial charge in [-0.15, -0.1) is 0 Å². The summed E-state index contributed by atoms with van der Waals surface area (Å²) in [5.74, 6) is -0.942. The van der Waals surface area contributed by atoms with Gasteiger partial charge in [0.2, 0.25) is 5.91 Å². The molecule has 22 heavy (non-hydrogen) atoms. The fraction of sp³-hybridized carbons (Fsp3) is 0.125. The zero-order valence-electron chi connectivity index (χ0n) is 11.8. The molecule has 0 atom stereocenters. The topological polar surface area (TPSA) is 58.2 Å². The largest absolute Gasteiger partial charge is 0.376 e. The van der Waals surface area contributed by atoms with Gasteiger partial charge in [0.05, 0.1) is 11.6 Å². The molecule has 2 N–H and O–H groups in total. The number of carbonyl (C=O) groups is 2. The number of Topliss-reactive ketones (excluding diaryl/α,β-unsaturated/α-hetero) is 1. The number of anilines is 2. The Labute approximate surface area is 132 Å². The van der Waals surface area contributed by atoms with E-state index in [1.807, 2.05) is 0 Å². The number of halogens is 2. The van der Waals surface area contributed by atoms with E-state index in [0.717, 1.165) is 0 Å². The Morgan fingerprint density at radius 2 is 1.91 bits per heavy atom. The molecule has 0 fully saturated rings. The molecular formula is C16H14ClFN2O2. The standard InChI is InChI=1S/C16H14ClFN2O2/c1-10(21)11-3-2-4-13(7-11)20-16(22)9-19-12-5-6-14(17)15(18)8-12/h2-8,19H,9H2,1H3,(H,20,22). The molecule has 114 valence electrons. The summed E-state index contributed by atoms with van der Waals surface area (Å²) in [6.07, 6.45) is 0. The van der Waals surface area contributed by atoms with E-state index in [4.69, 9.17) is 11.6 Å². The van der Waals surface area contributed by atoms with E-state index in [9.17, 15) is 14.0 Å². The predicted molar refractivity (Wildman–Crippen MR) is 85.0 cm³/mol. The van der Waals surface area contributed by atoms with Crippen molar-refractivity contribution in [2.24, 2.45) is 0 Å². The molecule has 0 aliphatic rings. The summed E-state index contributed by atoms with van der Waals surface area (Å²) >= 11 is 5.58. The first-order valence-corrected chi connectivity index (χ1v) is 6.93. The lowest BCUT2D eigenvalue weighted by atomic mass is 10.1. The number of amides is 1. The van der Waals surface area contributed by atoms with Crippen LogP contribution in [0.25, 0.3) is 0 Å². The Balaban J connectivity index is 1.94. The van der Waals surface area contributed by atoms with E-state index in [2.05, 4.69) is 10.6 Å². The molecule has 0 unspecified atom stereocenters. The summed E-state index contributed by atoms with van der Waals surface area (Å²) in [5.41, 5.74) is 1.50. The number of ketones is 1. The molecule has 0 saturated heterocycles. The lowest BCUT2D eigenvalue weighted by molar-refractivity contribution is -0.114. The Morgan fingerprint density at radius 1 is 1.14 bits per heavy atom. The first-order valence-electron chi connectivity index (χ1n) is 6.55. The fourth-order valence-corrected chi connectivity index (χ4v) is 1.93. The van der Waals surface area contributed by atoms with E-state index in [0.29, 0.717) is 16.9 Å². The Kier molecular flexibility index (Phi) is 5.12. The van der Waals surface area contributed by atoms with Crippen molar-refractivity contribution in [3.05, 3.63) is 58.9 Å². The number of hydrogen-bond donors (Lipinski definition) is 2. The van der Waals surface area contributed by atoms with Gasteiger partial charge in [-0.05, 0) is 37.3 Å². The normalized spacial score (nSPS) is 10.1. The van der Waals surface area contributed by atoms with Crippen LogP contribution >= 0.6 is 11.6 Å². The molecule has 0 aromatic heterocycles. The Hall–Kier alpha value is -2.40. The lowest BCUT2D eigenvalue weighted by Gasteiger charge is -2.09. The van der Waals surface area contributed by atoms with Crippen LogP contribution in [0.1, 0.15) is 17.3 Å². The lowest BCUT2D eigenvalue weighted by Crippen LogP contribution is -2.21. The van der Waals surface area contributed by atoms with Crippen LogP contribution < -0.4 is 10.6 Å². The number of carbonyl (C=O) groups excluding carboxylic acids is 2. The zero-order chi connectivity index (χ0) is 16.1. The van der Waals surface area contributed by atoms with Gasteiger partial charge in [-0.1, -0.05) is 23.7 Å². The van der Waals surface area contributed by atoms with Crippen molar-refractivity contribution in [1.82, 2.24) is 0 Å². The number of nitrogens with one attached hydrogen (secondary N) is 2. The van der Waals surface area contributed by atoms with Crippen LogP contribution in [0.15, 0.2) is 42.5 Å². The minimum atomic E-state index is -0.554. The average Bonchev–Trinajstić information content (AvgIpc) is 2.49. The molecule has 1 amide bonds. The Bertz CT molecular complexity index is 719. The SMILES string of the molecule is CC(=O)c1cccc(NC(=O)CNc2ccc(Cl)c(F)c2)c1. The second kappa shape index (κ2) is 7.04. The summed E-state index contributed by atoms with van der Waals surface area (Å²) in [5, 5.41) is 5.48. The summed E-state index contributed by atoms with van der Waals surface area (Å²) in [6.45, 7) is 1.42. The summed E-state index contributed by atoms with van der Waals surface area (Å²) in [7, 11) is 0. The highest BCUT2D eigenvalue weighted by molar-refractivity contribution is 6.30. The van der Waals surface area contributed by atoms with Gasteiger partial charge in [-0.2, -0.15) is 0 Å². The van der Waals surface area contributed by atoms with E-state index in [1.165, 1.54) is 19.1 Å². The molecule has 0 spiro atoms. The van der Waals surface area contributed by atoms with Crippen LogP contribution in [-0.2, 0) is 4.79 Å². The van der Waals surface area contributed by atoms with Crippen LogP contribution in [0.5, 0.6) is 0 Å². The quantitative estimate of drug-likeness (QED) is 0.825. The maximum Gasteiger partial charge on any atom is 0.243 e. The Morgan fingerprint density at radius 3 is 2.59 bits per heavy atom. The monoisotopic (exact) mass is 320 g/mol. The molecule has 0 radical (unpaired) electrons. The molecule has 2 aromatic carbocycles. The van der Waals surface area contributed by atoms with Crippen LogP contribution in [0.3, 0.4) is 0 Å². The van der Waals surface area contributed by atoms with Crippen LogP contribution in [0.4, 0.5) is 15.8 Å². The number of benzene rings is 2. The van der Waals surface area contributed by atoms with Gasteiger partial charge < -0.3 is 10.6 Å². The minimum Gasteiger partial charge on any atom is -0.376 e. The van der Waals surface area contributed by atoms with E-state index >= 15 is 0 Å².